The summed E-state index contributed by atoms with van der Waals surface area (Å²) in [5, 5.41) is 3.91. The molecule has 6 nitrogen and oxygen atoms in total. The minimum atomic E-state index is -1.37. The summed E-state index contributed by atoms with van der Waals surface area (Å²) < 4.78 is 17.4. The molecule has 1 aromatic carbocycles. The molecule has 1 amide bonds. The molecule has 0 N–H and O–H groups in total. The number of anilines is 1. The third-order valence-corrected chi connectivity index (χ3v) is 5.03. The molecule has 2 aromatic rings. The first kappa shape index (κ1) is 16.8. The summed E-state index contributed by atoms with van der Waals surface area (Å²) in [6.07, 6.45) is 0.840. The van der Waals surface area contributed by atoms with Crippen molar-refractivity contribution in [3.8, 4) is 0 Å². The number of rotatable bonds is 4. The Morgan fingerprint density at radius 3 is 2.79 bits per heavy atom. The average Bonchev–Trinajstić information content (AvgIpc) is 3.12. The predicted molar refractivity (Wildman–Crippen MR) is 92.2 cm³/mol. The monoisotopic (exact) mass is 347 g/mol. The van der Waals surface area contributed by atoms with Crippen LogP contribution in [-0.2, 0) is 33.2 Å². The lowest BCUT2D eigenvalue weighted by Crippen LogP contribution is -2.33. The van der Waals surface area contributed by atoms with Crippen LogP contribution in [0.3, 0.4) is 0 Å². The molecule has 0 spiro atoms. The van der Waals surface area contributed by atoms with Gasteiger partial charge in [-0.05, 0) is 18.1 Å². The van der Waals surface area contributed by atoms with Crippen molar-refractivity contribution in [1.29, 1.82) is 0 Å². The Labute approximate surface area is 143 Å². The van der Waals surface area contributed by atoms with Crippen molar-refractivity contribution in [1.82, 2.24) is 10.1 Å². The fraction of sp³-hybridized carbons (Fsp3) is 0.471. The Kier molecular flexibility index (Phi) is 4.54. The molecule has 2 heterocycles. The molecule has 0 bridgehead atoms. The number of hydrogen-bond acceptors (Lipinski definition) is 5. The molecule has 3 rings (SSSR count). The molecular formula is C17H21N3O3S. The van der Waals surface area contributed by atoms with Gasteiger partial charge in [-0.15, -0.1) is 0 Å². The van der Waals surface area contributed by atoms with Crippen molar-refractivity contribution < 1.29 is 13.5 Å². The van der Waals surface area contributed by atoms with Gasteiger partial charge in [0.15, 0.2) is 5.82 Å². The first-order valence-corrected chi connectivity index (χ1v) is 9.40. The molecule has 128 valence electrons. The van der Waals surface area contributed by atoms with E-state index in [0.717, 1.165) is 17.7 Å². The van der Waals surface area contributed by atoms with Gasteiger partial charge in [0.2, 0.25) is 11.8 Å². The Hall–Kier alpha value is -2.02. The summed E-state index contributed by atoms with van der Waals surface area (Å²) in [5.74, 6) is 0.822. The van der Waals surface area contributed by atoms with Crippen LogP contribution in [0.15, 0.2) is 28.8 Å². The van der Waals surface area contributed by atoms with Gasteiger partial charge in [0, 0.05) is 28.4 Å². The average molecular weight is 347 g/mol. The minimum absolute atomic E-state index is 0.0401. The first-order chi connectivity index (χ1) is 11.3. The van der Waals surface area contributed by atoms with E-state index in [1.807, 2.05) is 45.0 Å². The third-order valence-electron chi connectivity index (χ3n) is 3.90. The summed E-state index contributed by atoms with van der Waals surface area (Å²) in [7, 11) is -1.37. The lowest BCUT2D eigenvalue weighted by Gasteiger charge is -2.16. The summed E-state index contributed by atoms with van der Waals surface area (Å²) in [6.45, 7) is 6.58. The lowest BCUT2D eigenvalue weighted by atomic mass is 9.96. The molecular weight excluding hydrogens is 326 g/mol. The molecule has 1 atom stereocenters. The van der Waals surface area contributed by atoms with Gasteiger partial charge in [0.25, 0.3) is 0 Å². The number of hydrogen-bond donors (Lipinski definition) is 0. The normalized spacial score (nSPS) is 15.4. The maximum atomic E-state index is 12.4. The van der Waals surface area contributed by atoms with E-state index >= 15 is 0 Å². The molecule has 7 heteroatoms. The molecule has 0 saturated carbocycles. The standard InChI is InChI=1S/C17H21N3O3S/c1-17(2,3)16-18-14(23-19-16)10-24(22)11-15(21)20-9-8-12-6-4-5-7-13(12)20/h4-7H,8-11H2,1-3H3/t24-/m1/s1. The molecule has 1 aliphatic rings. The van der Waals surface area contributed by atoms with Crippen LogP contribution in [0.5, 0.6) is 0 Å². The van der Waals surface area contributed by atoms with Gasteiger partial charge in [-0.25, -0.2) is 0 Å². The molecule has 0 unspecified atom stereocenters. The van der Waals surface area contributed by atoms with Gasteiger partial charge < -0.3 is 9.42 Å². The summed E-state index contributed by atoms with van der Waals surface area (Å²) in [5.41, 5.74) is 1.86. The predicted octanol–water partition coefficient (Wildman–Crippen LogP) is 2.21. The van der Waals surface area contributed by atoms with E-state index in [0.29, 0.717) is 18.3 Å². The van der Waals surface area contributed by atoms with Crippen molar-refractivity contribution in [2.24, 2.45) is 0 Å². The van der Waals surface area contributed by atoms with E-state index in [4.69, 9.17) is 4.52 Å². The van der Waals surface area contributed by atoms with E-state index in [2.05, 4.69) is 10.1 Å². The van der Waals surface area contributed by atoms with E-state index in [-0.39, 0.29) is 22.8 Å². The number of fused-ring (bicyclic) bond motifs is 1. The molecule has 0 radical (unpaired) electrons. The fourth-order valence-corrected chi connectivity index (χ4v) is 3.55. The molecule has 24 heavy (non-hydrogen) atoms. The van der Waals surface area contributed by atoms with Gasteiger partial charge in [-0.1, -0.05) is 44.1 Å². The quantitative estimate of drug-likeness (QED) is 0.847. The lowest BCUT2D eigenvalue weighted by molar-refractivity contribution is -0.116. The smallest absolute Gasteiger partial charge is 0.239 e. The van der Waals surface area contributed by atoms with E-state index in [9.17, 15) is 9.00 Å². The number of aromatic nitrogens is 2. The van der Waals surface area contributed by atoms with Crippen molar-refractivity contribution >= 4 is 22.4 Å². The molecule has 1 aliphatic heterocycles. The van der Waals surface area contributed by atoms with Crippen LogP contribution in [0.1, 0.15) is 38.0 Å². The van der Waals surface area contributed by atoms with Gasteiger partial charge >= 0.3 is 0 Å². The second kappa shape index (κ2) is 6.47. The van der Waals surface area contributed by atoms with Crippen molar-refractivity contribution in [3.05, 3.63) is 41.5 Å². The Bertz CT molecular complexity index is 779. The topological polar surface area (TPSA) is 76.3 Å². The SMILES string of the molecule is CC(C)(C)c1noc(C[S@@](=O)CC(=O)N2CCc3ccccc32)n1. The number of carbonyl (C=O) groups is 1. The Morgan fingerprint density at radius 2 is 2.08 bits per heavy atom. The Morgan fingerprint density at radius 1 is 1.33 bits per heavy atom. The van der Waals surface area contributed by atoms with Crippen LogP contribution in [0, 0.1) is 0 Å². The Balaban J connectivity index is 1.61. The zero-order valence-corrected chi connectivity index (χ0v) is 14.9. The fourth-order valence-electron chi connectivity index (χ4n) is 2.62. The van der Waals surface area contributed by atoms with Crippen LogP contribution in [-0.4, -0.2) is 32.6 Å². The zero-order chi connectivity index (χ0) is 17.3. The highest BCUT2D eigenvalue weighted by Gasteiger charge is 2.26. The molecule has 0 fully saturated rings. The number of benzene rings is 1. The highest BCUT2D eigenvalue weighted by atomic mass is 32.2. The van der Waals surface area contributed by atoms with Gasteiger partial charge in [-0.2, -0.15) is 4.98 Å². The zero-order valence-electron chi connectivity index (χ0n) is 14.1. The highest BCUT2D eigenvalue weighted by Crippen LogP contribution is 2.27. The van der Waals surface area contributed by atoms with Gasteiger partial charge in [0.1, 0.15) is 11.5 Å². The molecule has 0 saturated heterocycles. The van der Waals surface area contributed by atoms with E-state index in [1.165, 1.54) is 0 Å². The third kappa shape index (κ3) is 3.56. The van der Waals surface area contributed by atoms with Crippen molar-refractivity contribution in [3.63, 3.8) is 0 Å². The highest BCUT2D eigenvalue weighted by molar-refractivity contribution is 7.84. The molecule has 0 aliphatic carbocycles. The second-order valence-electron chi connectivity index (χ2n) is 6.91. The number of para-hydroxylation sites is 1. The van der Waals surface area contributed by atoms with Crippen LogP contribution in [0.25, 0.3) is 0 Å². The van der Waals surface area contributed by atoms with Crippen LogP contribution >= 0.6 is 0 Å². The van der Waals surface area contributed by atoms with Crippen molar-refractivity contribution in [2.75, 3.05) is 17.2 Å². The molecule has 1 aromatic heterocycles. The maximum absolute atomic E-state index is 12.4. The van der Waals surface area contributed by atoms with Gasteiger partial charge in [-0.3, -0.25) is 9.00 Å². The minimum Gasteiger partial charge on any atom is -0.338 e. The van der Waals surface area contributed by atoms with Crippen LogP contribution < -0.4 is 4.90 Å². The summed E-state index contributed by atoms with van der Waals surface area (Å²) in [6, 6.07) is 7.82. The van der Waals surface area contributed by atoms with Gasteiger partial charge in [0.05, 0.1) is 0 Å². The number of nitrogens with zero attached hydrogens (tertiary/aromatic N) is 3. The second-order valence-corrected chi connectivity index (χ2v) is 8.37. The van der Waals surface area contributed by atoms with E-state index < -0.39 is 10.8 Å². The van der Waals surface area contributed by atoms with E-state index in [1.54, 1.807) is 4.90 Å². The first-order valence-electron chi connectivity index (χ1n) is 7.91. The van der Waals surface area contributed by atoms with Crippen molar-refractivity contribution in [2.45, 2.75) is 38.4 Å². The largest absolute Gasteiger partial charge is 0.338 e. The summed E-state index contributed by atoms with van der Waals surface area (Å²) >= 11 is 0. The number of amides is 1. The van der Waals surface area contributed by atoms with Crippen LogP contribution in [0.2, 0.25) is 0 Å². The maximum Gasteiger partial charge on any atom is 0.239 e. The summed E-state index contributed by atoms with van der Waals surface area (Å²) in [4.78, 5) is 18.4. The van der Waals surface area contributed by atoms with Crippen LogP contribution in [0.4, 0.5) is 5.69 Å². The number of carbonyl (C=O) groups excluding carboxylic acids is 1.